The summed E-state index contributed by atoms with van der Waals surface area (Å²) in [5.74, 6) is 0.840. The van der Waals surface area contributed by atoms with Crippen LogP contribution in [0.5, 0.6) is 11.5 Å². The van der Waals surface area contributed by atoms with Gasteiger partial charge < -0.3 is 14.2 Å². The van der Waals surface area contributed by atoms with Gasteiger partial charge in [-0.15, -0.1) is 0 Å². The number of fused-ring (bicyclic) bond motifs is 1. The minimum Gasteiger partial charge on any atom is -0.493 e. The van der Waals surface area contributed by atoms with Gasteiger partial charge in [-0.3, -0.25) is 4.79 Å². The van der Waals surface area contributed by atoms with E-state index in [2.05, 4.69) is 37.0 Å². The highest BCUT2D eigenvalue weighted by Crippen LogP contribution is 2.37. The maximum atomic E-state index is 13.3. The van der Waals surface area contributed by atoms with Crippen LogP contribution < -0.4 is 15.0 Å². The number of hydrogen-bond donors (Lipinski definition) is 0. The largest absolute Gasteiger partial charge is 0.493 e. The van der Waals surface area contributed by atoms with E-state index < -0.39 is 12.1 Å². The lowest BCUT2D eigenvalue weighted by Gasteiger charge is -2.17. The Bertz CT molecular complexity index is 1310. The van der Waals surface area contributed by atoms with Crippen molar-refractivity contribution in [1.29, 1.82) is 0 Å². The van der Waals surface area contributed by atoms with Crippen molar-refractivity contribution in [2.75, 3.05) is 14.2 Å². The Morgan fingerprint density at radius 1 is 1.21 bits per heavy atom. The van der Waals surface area contributed by atoms with Crippen LogP contribution in [0, 0.1) is 0 Å². The zero-order valence-electron chi connectivity index (χ0n) is 19.5. The number of hydrogen-bond acceptors (Lipinski definition) is 7. The summed E-state index contributed by atoms with van der Waals surface area (Å²) in [6.07, 6.45) is 1.53. The Morgan fingerprint density at radius 3 is 2.59 bits per heavy atom. The van der Waals surface area contributed by atoms with Crippen molar-refractivity contribution in [2.45, 2.75) is 39.2 Å². The molecule has 0 aliphatic rings. The first-order chi connectivity index (χ1) is 16.2. The highest BCUT2D eigenvalue weighted by atomic mass is 79.9. The molecule has 0 N–H and O–H groups in total. The van der Waals surface area contributed by atoms with Gasteiger partial charge in [0.2, 0.25) is 0 Å². The van der Waals surface area contributed by atoms with Gasteiger partial charge >= 0.3 is 5.97 Å². The average Bonchev–Trinajstić information content (AvgIpc) is 2.83. The summed E-state index contributed by atoms with van der Waals surface area (Å²) in [6, 6.07) is 8.87. The molecule has 0 bridgehead atoms. The molecule has 0 saturated carbocycles. The first-order valence-electron chi connectivity index (χ1n) is 10.6. The molecule has 2 atom stereocenters. The summed E-state index contributed by atoms with van der Waals surface area (Å²) < 4.78 is 18.6. The fraction of sp³-hybridized carbons (Fsp3) is 0.333. The van der Waals surface area contributed by atoms with Crippen LogP contribution in [-0.2, 0) is 9.53 Å². The number of esters is 1. The van der Waals surface area contributed by atoms with Crippen molar-refractivity contribution in [2.24, 2.45) is 5.10 Å². The molecule has 0 aliphatic carbocycles. The molecule has 2 aromatic carbocycles. The Labute approximate surface area is 214 Å². The van der Waals surface area contributed by atoms with Gasteiger partial charge in [0.15, 0.2) is 17.6 Å². The molecule has 1 heterocycles. The van der Waals surface area contributed by atoms with Gasteiger partial charge in [0.25, 0.3) is 5.56 Å². The fourth-order valence-corrected chi connectivity index (χ4v) is 4.14. The van der Waals surface area contributed by atoms with Crippen LogP contribution in [-0.4, -0.2) is 42.2 Å². The molecule has 0 spiro atoms. The van der Waals surface area contributed by atoms with Crippen LogP contribution in [0.15, 0.2) is 49.2 Å². The quantitative estimate of drug-likeness (QED) is 0.261. The van der Waals surface area contributed by atoms with E-state index in [1.807, 2.05) is 26.0 Å². The third-order valence-electron chi connectivity index (χ3n) is 5.29. The number of halogens is 2. The molecule has 8 nitrogen and oxygen atoms in total. The smallest absolute Gasteiger partial charge is 0.346 e. The maximum absolute atomic E-state index is 13.3. The number of nitrogens with zero attached hydrogens (tertiary/aromatic N) is 3. The summed E-state index contributed by atoms with van der Waals surface area (Å²) in [7, 11) is 2.79. The molecule has 0 unspecified atom stereocenters. The van der Waals surface area contributed by atoms with Crippen molar-refractivity contribution in [1.82, 2.24) is 9.66 Å². The summed E-state index contributed by atoms with van der Waals surface area (Å²) >= 11 is 6.88. The number of carbonyl (C=O) groups is 1. The van der Waals surface area contributed by atoms with Gasteiger partial charge in [-0.25, -0.2) is 9.78 Å². The first-order valence-corrected chi connectivity index (χ1v) is 12.2. The number of carbonyl (C=O) groups excluding carboxylic acids is 1. The molecule has 34 heavy (non-hydrogen) atoms. The minimum atomic E-state index is -0.825. The normalized spacial score (nSPS) is 13.1. The second-order valence-electron chi connectivity index (χ2n) is 7.62. The highest BCUT2D eigenvalue weighted by Gasteiger charge is 2.20. The lowest BCUT2D eigenvalue weighted by atomic mass is 10.1. The van der Waals surface area contributed by atoms with E-state index in [0.29, 0.717) is 38.3 Å². The highest BCUT2D eigenvalue weighted by molar-refractivity contribution is 9.10. The van der Waals surface area contributed by atoms with Crippen molar-refractivity contribution in [3.63, 3.8) is 0 Å². The Morgan fingerprint density at radius 2 is 1.94 bits per heavy atom. The van der Waals surface area contributed by atoms with Crippen LogP contribution in [0.4, 0.5) is 0 Å². The van der Waals surface area contributed by atoms with Gasteiger partial charge in [0, 0.05) is 10.4 Å². The molecule has 10 heteroatoms. The molecule has 0 saturated heterocycles. The number of aromatic nitrogens is 2. The van der Waals surface area contributed by atoms with Crippen LogP contribution in [0.25, 0.3) is 10.9 Å². The summed E-state index contributed by atoms with van der Waals surface area (Å²) in [5, 5.41) is 4.95. The molecule has 0 amide bonds. The van der Waals surface area contributed by atoms with Gasteiger partial charge in [0.05, 0.1) is 35.8 Å². The second kappa shape index (κ2) is 11.1. The molecule has 1 aromatic heterocycles. The summed E-state index contributed by atoms with van der Waals surface area (Å²) in [4.78, 5) is 29.8. The predicted octanol–water partition coefficient (Wildman–Crippen LogP) is 5.27. The lowest BCUT2D eigenvalue weighted by molar-refractivity contribution is -0.147. The molecule has 0 aliphatic heterocycles. The van der Waals surface area contributed by atoms with Crippen molar-refractivity contribution in [3.8, 4) is 11.5 Å². The van der Waals surface area contributed by atoms with E-state index in [9.17, 15) is 9.59 Å². The van der Waals surface area contributed by atoms with E-state index >= 15 is 0 Å². The zero-order valence-corrected chi connectivity index (χ0v) is 22.6. The van der Waals surface area contributed by atoms with Crippen LogP contribution >= 0.6 is 31.9 Å². The molecule has 0 fully saturated rings. The van der Waals surface area contributed by atoms with E-state index in [4.69, 9.17) is 19.2 Å². The minimum absolute atomic E-state index is 0.0229. The Hall–Kier alpha value is -2.72. The Kier molecular flexibility index (Phi) is 8.48. The van der Waals surface area contributed by atoms with Crippen molar-refractivity contribution in [3.05, 3.63) is 61.0 Å². The van der Waals surface area contributed by atoms with E-state index in [1.54, 1.807) is 31.3 Å². The number of ether oxygens (including phenoxy) is 3. The fourth-order valence-electron chi connectivity index (χ4n) is 3.22. The Balaban J connectivity index is 2.07. The number of rotatable bonds is 8. The second-order valence-corrected chi connectivity index (χ2v) is 9.39. The van der Waals surface area contributed by atoms with Crippen molar-refractivity contribution < 1.29 is 19.0 Å². The SMILES string of the molecule is CC[C@H](C)c1nc2ccc(Br)cc2c(=O)n1N=Cc1cc(Br)c(O[C@@H](C)C(=O)OC)c(OC)c1. The topological polar surface area (TPSA) is 92.0 Å². The average molecular weight is 595 g/mol. The van der Waals surface area contributed by atoms with E-state index in [0.717, 1.165) is 10.9 Å². The van der Waals surface area contributed by atoms with E-state index in [1.165, 1.54) is 18.9 Å². The molecule has 0 radical (unpaired) electrons. The molecule has 3 aromatic rings. The third kappa shape index (κ3) is 5.50. The van der Waals surface area contributed by atoms with Gasteiger partial charge in [-0.2, -0.15) is 9.78 Å². The van der Waals surface area contributed by atoms with E-state index in [-0.39, 0.29) is 11.5 Å². The van der Waals surface area contributed by atoms with Gasteiger partial charge in [-0.1, -0.05) is 29.8 Å². The summed E-state index contributed by atoms with van der Waals surface area (Å²) in [5.41, 5.74) is 1.02. The first kappa shape index (κ1) is 25.9. The van der Waals surface area contributed by atoms with Crippen LogP contribution in [0.2, 0.25) is 0 Å². The standard InChI is InChI=1S/C24H25Br2N3O5/c1-6-13(2)22-28-19-8-7-16(25)11-17(19)23(30)29(22)27-12-15-9-18(26)21(20(10-15)32-4)34-14(3)24(31)33-5/h7-14H,6H2,1-5H3/t13-,14-/m0/s1. The molecule has 180 valence electrons. The van der Waals surface area contributed by atoms with Crippen LogP contribution in [0.1, 0.15) is 44.5 Å². The zero-order chi connectivity index (χ0) is 25.0. The maximum Gasteiger partial charge on any atom is 0.346 e. The third-order valence-corrected chi connectivity index (χ3v) is 6.37. The van der Waals surface area contributed by atoms with Crippen molar-refractivity contribution >= 4 is 54.9 Å². The number of methoxy groups -OCH3 is 2. The van der Waals surface area contributed by atoms with Gasteiger partial charge in [0.1, 0.15) is 5.82 Å². The molecular weight excluding hydrogens is 570 g/mol. The lowest BCUT2D eigenvalue weighted by Crippen LogP contribution is -2.25. The molecule has 3 rings (SSSR count). The van der Waals surface area contributed by atoms with Gasteiger partial charge in [-0.05, 0) is 65.2 Å². The molecular formula is C24H25Br2N3O5. The number of benzene rings is 2. The summed E-state index contributed by atoms with van der Waals surface area (Å²) in [6.45, 7) is 5.63. The van der Waals surface area contributed by atoms with Crippen LogP contribution in [0.3, 0.4) is 0 Å². The monoisotopic (exact) mass is 593 g/mol. The predicted molar refractivity (Wildman–Crippen MR) is 138 cm³/mol.